The predicted octanol–water partition coefficient (Wildman–Crippen LogP) is 10.4. The van der Waals surface area contributed by atoms with Gasteiger partial charge in [-0.3, -0.25) is 4.79 Å². The van der Waals surface area contributed by atoms with Crippen molar-refractivity contribution in [2.45, 2.75) is 132 Å². The van der Waals surface area contributed by atoms with Crippen molar-refractivity contribution in [3.05, 3.63) is 148 Å². The van der Waals surface area contributed by atoms with E-state index in [-0.39, 0.29) is 5.56 Å². The van der Waals surface area contributed by atoms with Crippen LogP contribution in [0.5, 0.6) is 0 Å². The van der Waals surface area contributed by atoms with Crippen molar-refractivity contribution in [1.82, 2.24) is 26.3 Å². The van der Waals surface area contributed by atoms with Gasteiger partial charge in [0.05, 0.1) is 5.56 Å². The Hall–Kier alpha value is -7.58. The van der Waals surface area contributed by atoms with E-state index in [0.717, 1.165) is 38.4 Å². The summed E-state index contributed by atoms with van der Waals surface area (Å²) < 4.78 is 20.5. The van der Waals surface area contributed by atoms with Gasteiger partial charge in [0.2, 0.25) is 5.91 Å². The van der Waals surface area contributed by atoms with Crippen LogP contribution in [0.25, 0.3) is 10.6 Å². The summed E-state index contributed by atoms with van der Waals surface area (Å²) >= 11 is 6.46. The molecule has 20 heteroatoms. The van der Waals surface area contributed by atoms with E-state index < -0.39 is 58.7 Å². The molecule has 0 atom stereocenters. The Kier molecular flexibility index (Phi) is 24.7. The van der Waals surface area contributed by atoms with E-state index in [4.69, 9.17) is 47.7 Å². The van der Waals surface area contributed by atoms with Gasteiger partial charge in [-0.25, -0.2) is 29.0 Å². The van der Waals surface area contributed by atoms with Crippen molar-refractivity contribution < 1.29 is 52.8 Å². The molecular weight excluding hydrogens is 987 g/mol. The minimum Gasteiger partial charge on any atom is -0.478 e. The van der Waals surface area contributed by atoms with Gasteiger partial charge in [-0.2, -0.15) is 0 Å². The number of thiazole rings is 1. The lowest BCUT2D eigenvalue weighted by Gasteiger charge is -2.19. The molecular formula is C54H71N7O11S2. The van der Waals surface area contributed by atoms with Crippen molar-refractivity contribution in [3.8, 4) is 10.6 Å². The molecule has 18 nitrogen and oxygen atoms in total. The largest absolute Gasteiger partial charge is 0.478 e. The lowest BCUT2D eigenvalue weighted by molar-refractivity contribution is 0.0512. The molecule has 5 amide bonds. The van der Waals surface area contributed by atoms with Gasteiger partial charge in [0, 0.05) is 54.4 Å². The number of nitrogens with two attached hydrogens (primary N) is 2. The SMILES string of the molecule is CC(C)(C)OC(=O)NCc1ccc(-c2nccs2)cc1.CC(C)(C)OC(=O)NCc1ccc(C(=O)O)cc1.CC(C)(C)OC(=O)NCc1ccc(C(N)=O)cc1.CC(C)(C)OC(=O)NCc1ccc(C(N)=S)cc1. The molecule has 0 saturated carbocycles. The average molecular weight is 1060 g/mol. The first-order chi connectivity index (χ1) is 34.3. The quantitative estimate of drug-likeness (QED) is 0.0452. The topological polar surface area (TPSA) is 273 Å². The minimum atomic E-state index is -0.971. The maximum atomic E-state index is 11.5. The molecule has 0 radical (unpaired) electrons. The van der Waals surface area contributed by atoms with Crippen molar-refractivity contribution in [2.75, 3.05) is 0 Å². The van der Waals surface area contributed by atoms with Crippen molar-refractivity contribution in [2.24, 2.45) is 11.5 Å². The van der Waals surface area contributed by atoms with Crippen molar-refractivity contribution in [1.29, 1.82) is 0 Å². The molecule has 0 aliphatic carbocycles. The van der Waals surface area contributed by atoms with Crippen LogP contribution in [0.1, 0.15) is 132 Å². The second-order valence-corrected chi connectivity index (χ2v) is 21.4. The molecule has 74 heavy (non-hydrogen) atoms. The molecule has 400 valence electrons. The van der Waals surface area contributed by atoms with Crippen LogP contribution in [0.15, 0.2) is 109 Å². The van der Waals surface area contributed by atoms with E-state index in [1.54, 1.807) is 95.5 Å². The number of primary amides is 1. The Morgan fingerprint density at radius 3 is 1.01 bits per heavy atom. The molecule has 5 rings (SSSR count). The van der Waals surface area contributed by atoms with E-state index >= 15 is 0 Å². The molecule has 9 N–H and O–H groups in total. The number of ether oxygens (including phenoxy) is 4. The standard InChI is InChI=1S/C15H18N2O2S.C13H18N2O3.C13H18N2O2S.C13H17NO4/c1-15(2,3)19-14(18)17-10-11-4-6-12(7-5-11)13-16-8-9-20-13;1-13(2,3)18-12(17)15-8-9-4-6-10(7-5-9)11(14)16;1-13(2,3)17-12(16)15-8-9-4-6-10(7-5-9)11(14)18;1-13(2,3)18-12(17)14-8-9-4-6-10(7-5-9)11(15)16/h4-9H,10H2,1-3H3,(H,17,18);4-7H,8H2,1-3H3,(H2,14,16)(H,15,17);4-7H,8H2,1-3H3,(H2,14,18)(H,15,16);4-7H,8H2,1-3H3,(H,14,17)(H,15,16). The monoisotopic (exact) mass is 1060 g/mol. The van der Waals surface area contributed by atoms with Crippen LogP contribution < -0.4 is 32.7 Å². The van der Waals surface area contributed by atoms with Crippen LogP contribution in [0.3, 0.4) is 0 Å². The average Bonchev–Trinajstić information content (AvgIpc) is 3.83. The van der Waals surface area contributed by atoms with Crippen LogP contribution in [-0.2, 0) is 45.1 Å². The number of alkyl carbamates (subject to hydrolysis) is 4. The summed E-state index contributed by atoms with van der Waals surface area (Å²) in [5.74, 6) is -1.44. The Bertz CT molecular complexity index is 2380. The molecule has 0 bridgehead atoms. The third-order valence-corrected chi connectivity index (χ3v) is 9.71. The Labute approximate surface area is 443 Å². The van der Waals surface area contributed by atoms with Crippen LogP contribution in [-0.4, -0.2) is 73.7 Å². The molecule has 1 aromatic heterocycles. The number of nitrogens with one attached hydrogen (secondary N) is 4. The van der Waals surface area contributed by atoms with Gasteiger partial charge in [-0.1, -0.05) is 85.0 Å². The number of carboxylic acids is 1. The first kappa shape index (κ1) is 62.5. The fourth-order valence-corrected chi connectivity index (χ4v) is 6.20. The molecule has 0 aliphatic rings. The minimum absolute atomic E-state index is 0.219. The summed E-state index contributed by atoms with van der Waals surface area (Å²) in [6.45, 7) is 23.3. The highest BCUT2D eigenvalue weighted by molar-refractivity contribution is 7.80. The second-order valence-electron chi connectivity index (χ2n) is 20.1. The summed E-state index contributed by atoms with van der Waals surface area (Å²) in [5, 5.41) is 22.3. The number of thiocarbonyl (C=S) groups is 1. The lowest BCUT2D eigenvalue weighted by atomic mass is 10.1. The lowest BCUT2D eigenvalue weighted by Crippen LogP contribution is -2.32. The smallest absolute Gasteiger partial charge is 0.407 e. The molecule has 0 unspecified atom stereocenters. The number of aromatic carboxylic acids is 1. The number of carboxylic acid groups (broad SMARTS) is 1. The maximum Gasteiger partial charge on any atom is 0.407 e. The number of carbonyl (C=O) groups excluding carboxylic acids is 5. The zero-order valence-corrected chi connectivity index (χ0v) is 45.8. The second kappa shape index (κ2) is 29.2. The van der Waals surface area contributed by atoms with E-state index in [9.17, 15) is 28.8 Å². The zero-order chi connectivity index (χ0) is 55.9. The first-order valence-corrected chi connectivity index (χ1v) is 24.5. The molecule has 0 spiro atoms. The number of amides is 5. The summed E-state index contributed by atoms with van der Waals surface area (Å²) in [7, 11) is 0. The number of carbonyl (C=O) groups is 6. The Balaban J connectivity index is 0.000000338. The molecule has 1 heterocycles. The zero-order valence-electron chi connectivity index (χ0n) is 44.2. The van der Waals surface area contributed by atoms with Gasteiger partial charge in [0.1, 0.15) is 32.4 Å². The first-order valence-electron chi connectivity index (χ1n) is 23.2. The normalized spacial score (nSPS) is 10.9. The number of hydrogen-bond acceptors (Lipinski definition) is 13. The van der Waals surface area contributed by atoms with Gasteiger partial charge in [-0.15, -0.1) is 11.3 Å². The van der Waals surface area contributed by atoms with Crippen molar-refractivity contribution in [3.63, 3.8) is 0 Å². The predicted molar refractivity (Wildman–Crippen MR) is 291 cm³/mol. The molecule has 0 saturated heterocycles. The van der Waals surface area contributed by atoms with Gasteiger partial charge in [-0.05, 0) is 130 Å². The highest BCUT2D eigenvalue weighted by Gasteiger charge is 2.19. The number of rotatable bonds is 12. The van der Waals surface area contributed by atoms with Gasteiger partial charge < -0.3 is 56.8 Å². The van der Waals surface area contributed by atoms with Gasteiger partial charge in [0.15, 0.2) is 0 Å². The third-order valence-electron chi connectivity index (χ3n) is 8.65. The fraction of sp³-hybridized carbons (Fsp3) is 0.370. The molecule has 0 aliphatic heterocycles. The van der Waals surface area contributed by atoms with E-state index in [1.807, 2.05) is 95.5 Å². The maximum absolute atomic E-state index is 11.5. The summed E-state index contributed by atoms with van der Waals surface area (Å²) in [6, 6.07) is 28.4. The third kappa shape index (κ3) is 28.5. The fourth-order valence-electron chi connectivity index (χ4n) is 5.42. The highest BCUT2D eigenvalue weighted by atomic mass is 32.1. The number of nitrogens with zero attached hydrogens (tertiary/aromatic N) is 1. The Morgan fingerprint density at radius 2 is 0.770 bits per heavy atom. The molecule has 4 aromatic carbocycles. The summed E-state index contributed by atoms with van der Waals surface area (Å²) in [4.78, 5) is 71.9. The number of hydrogen-bond donors (Lipinski definition) is 7. The van der Waals surface area contributed by atoms with Crippen molar-refractivity contribution >= 4 is 64.8 Å². The molecule has 5 aromatic rings. The van der Waals surface area contributed by atoms with E-state index in [2.05, 4.69) is 26.3 Å². The van der Waals surface area contributed by atoms with Crippen LogP contribution in [0.4, 0.5) is 19.2 Å². The molecule has 0 fully saturated rings. The van der Waals surface area contributed by atoms with Gasteiger partial charge in [0.25, 0.3) is 0 Å². The van der Waals surface area contributed by atoms with Crippen LogP contribution in [0.2, 0.25) is 0 Å². The highest BCUT2D eigenvalue weighted by Crippen LogP contribution is 2.22. The summed E-state index contributed by atoms with van der Waals surface area (Å²) in [6.07, 6.45) is -0.00784. The Morgan fingerprint density at radius 1 is 0.486 bits per heavy atom. The van der Waals surface area contributed by atoms with Crippen LogP contribution in [0, 0.1) is 0 Å². The van der Waals surface area contributed by atoms with Gasteiger partial charge >= 0.3 is 30.3 Å². The van der Waals surface area contributed by atoms with Crippen LogP contribution >= 0.6 is 23.6 Å². The van der Waals surface area contributed by atoms with E-state index in [1.165, 1.54) is 12.1 Å². The summed E-state index contributed by atoms with van der Waals surface area (Å²) in [5.41, 5.74) is 14.8. The number of aromatic nitrogens is 1. The number of benzene rings is 4. The van der Waals surface area contributed by atoms with E-state index in [0.29, 0.717) is 36.7 Å².